The van der Waals surface area contributed by atoms with Gasteiger partial charge in [-0.15, -0.1) is 6.58 Å². The van der Waals surface area contributed by atoms with Gasteiger partial charge in [-0.25, -0.2) is 4.99 Å². The van der Waals surface area contributed by atoms with Crippen LogP contribution < -0.4 is 27.4 Å². The van der Waals surface area contributed by atoms with Crippen molar-refractivity contribution in [1.82, 2.24) is 16.0 Å². The first-order valence-corrected chi connectivity index (χ1v) is 13.9. The predicted molar refractivity (Wildman–Crippen MR) is 159 cm³/mol. The van der Waals surface area contributed by atoms with Gasteiger partial charge in [0.05, 0.1) is 6.54 Å². The van der Waals surface area contributed by atoms with E-state index in [-0.39, 0.29) is 30.2 Å². The van der Waals surface area contributed by atoms with Crippen molar-refractivity contribution in [3.05, 3.63) is 82.4 Å². The van der Waals surface area contributed by atoms with Crippen molar-refractivity contribution in [1.29, 1.82) is 0 Å². The van der Waals surface area contributed by atoms with Crippen LogP contribution in [0.25, 0.3) is 0 Å². The molecule has 0 saturated heterocycles. The third-order valence-electron chi connectivity index (χ3n) is 6.96. The van der Waals surface area contributed by atoms with Gasteiger partial charge in [-0.2, -0.15) is 0 Å². The molecule has 7 N–H and O–H groups in total. The second-order valence-corrected chi connectivity index (χ2v) is 10.9. The first kappa shape index (κ1) is 30.7. The SMILES string of the molecule is C=C(C)C[C@H](NC(=O)[C@H](C)NC(=O)c1ccc(CN=C(N)N)cc1)C(=O)N[C@@H]1CCCC[C@H]1c1cccc(Cl)c1. The van der Waals surface area contributed by atoms with E-state index in [0.29, 0.717) is 17.1 Å². The molecule has 0 heterocycles. The molecule has 2 aromatic rings. The van der Waals surface area contributed by atoms with E-state index < -0.39 is 23.9 Å². The van der Waals surface area contributed by atoms with Gasteiger partial charge in [0.2, 0.25) is 11.8 Å². The van der Waals surface area contributed by atoms with Gasteiger partial charge in [0, 0.05) is 22.5 Å². The Morgan fingerprint density at radius 2 is 1.75 bits per heavy atom. The summed E-state index contributed by atoms with van der Waals surface area (Å²) in [5.74, 6) is -1.02. The fraction of sp³-hybridized carbons (Fsp3) is 0.400. The number of nitrogens with two attached hydrogens (primary N) is 2. The highest BCUT2D eigenvalue weighted by Crippen LogP contribution is 2.34. The highest BCUT2D eigenvalue weighted by molar-refractivity contribution is 6.30. The second-order valence-electron chi connectivity index (χ2n) is 10.4. The third-order valence-corrected chi connectivity index (χ3v) is 7.19. The summed E-state index contributed by atoms with van der Waals surface area (Å²) in [5, 5.41) is 9.34. The molecule has 0 aromatic heterocycles. The van der Waals surface area contributed by atoms with Crippen LogP contribution in [-0.4, -0.2) is 41.8 Å². The van der Waals surface area contributed by atoms with Gasteiger partial charge in [0.1, 0.15) is 12.1 Å². The molecule has 40 heavy (non-hydrogen) atoms. The standard InChI is InChI=1S/C30H39ClN6O3/c1-18(2)15-26(29(40)36-25-10-5-4-9-24(25)22-7-6-8-23(31)16-22)37-27(38)19(3)35-28(39)21-13-11-20(12-14-21)17-34-30(32)33/h6-8,11-14,16,19,24-26H,1,4-5,9-10,15,17H2,2-3H3,(H,35,39)(H,36,40)(H,37,38)(H4,32,33,34)/t19-,24-,25+,26-/m0/s1. The van der Waals surface area contributed by atoms with Gasteiger partial charge in [-0.3, -0.25) is 14.4 Å². The molecule has 0 spiro atoms. The number of rotatable bonds is 11. The van der Waals surface area contributed by atoms with Gasteiger partial charge in [-0.05, 0) is 68.5 Å². The smallest absolute Gasteiger partial charge is 0.251 e. The number of nitrogens with one attached hydrogen (secondary N) is 3. The summed E-state index contributed by atoms with van der Waals surface area (Å²) >= 11 is 6.23. The molecule has 214 valence electrons. The molecule has 0 unspecified atom stereocenters. The zero-order chi connectivity index (χ0) is 29.2. The lowest BCUT2D eigenvalue weighted by Crippen LogP contribution is -2.55. The number of carbonyl (C=O) groups is 3. The van der Waals surface area contributed by atoms with Gasteiger partial charge in [0.15, 0.2) is 5.96 Å². The van der Waals surface area contributed by atoms with Crippen LogP contribution in [0.5, 0.6) is 0 Å². The van der Waals surface area contributed by atoms with Crippen molar-refractivity contribution in [2.75, 3.05) is 0 Å². The van der Waals surface area contributed by atoms with Crippen molar-refractivity contribution in [3.63, 3.8) is 0 Å². The number of halogens is 1. The van der Waals surface area contributed by atoms with E-state index in [4.69, 9.17) is 23.1 Å². The summed E-state index contributed by atoms with van der Waals surface area (Å²) in [7, 11) is 0. The van der Waals surface area contributed by atoms with E-state index in [2.05, 4.69) is 27.5 Å². The van der Waals surface area contributed by atoms with Gasteiger partial charge < -0.3 is 27.4 Å². The molecule has 9 nitrogen and oxygen atoms in total. The Morgan fingerprint density at radius 3 is 2.40 bits per heavy atom. The van der Waals surface area contributed by atoms with Gasteiger partial charge in [-0.1, -0.05) is 54.3 Å². The number of benzene rings is 2. The zero-order valence-electron chi connectivity index (χ0n) is 23.1. The maximum atomic E-state index is 13.4. The summed E-state index contributed by atoms with van der Waals surface area (Å²) < 4.78 is 0. The average Bonchev–Trinajstić information content (AvgIpc) is 2.91. The monoisotopic (exact) mass is 566 g/mol. The largest absolute Gasteiger partial charge is 0.370 e. The van der Waals surface area contributed by atoms with Crippen LogP contribution in [0.4, 0.5) is 0 Å². The number of nitrogens with zero attached hydrogens (tertiary/aromatic N) is 1. The van der Waals surface area contributed by atoms with E-state index in [1.807, 2.05) is 31.2 Å². The molecule has 1 saturated carbocycles. The number of guanidine groups is 1. The van der Waals surface area contributed by atoms with Crippen molar-refractivity contribution in [3.8, 4) is 0 Å². The lowest BCUT2D eigenvalue weighted by molar-refractivity contribution is -0.130. The van der Waals surface area contributed by atoms with E-state index in [0.717, 1.165) is 42.4 Å². The van der Waals surface area contributed by atoms with Crippen LogP contribution in [0, 0.1) is 0 Å². The Morgan fingerprint density at radius 1 is 1.05 bits per heavy atom. The second kappa shape index (κ2) is 14.5. The van der Waals surface area contributed by atoms with E-state index in [1.165, 1.54) is 0 Å². The summed E-state index contributed by atoms with van der Waals surface area (Å²) in [5.41, 5.74) is 13.8. The van der Waals surface area contributed by atoms with Crippen LogP contribution in [0.1, 0.15) is 73.4 Å². The molecule has 1 aliphatic rings. The molecule has 0 bridgehead atoms. The number of amides is 3. The molecule has 1 fully saturated rings. The van der Waals surface area contributed by atoms with Crippen LogP contribution in [0.3, 0.4) is 0 Å². The van der Waals surface area contributed by atoms with Crippen molar-refractivity contribution in [2.45, 2.75) is 76.5 Å². The Kier molecular flexibility index (Phi) is 11.1. The van der Waals surface area contributed by atoms with Crippen LogP contribution in [0.2, 0.25) is 5.02 Å². The van der Waals surface area contributed by atoms with Gasteiger partial charge in [0.25, 0.3) is 5.91 Å². The minimum Gasteiger partial charge on any atom is -0.370 e. The maximum absolute atomic E-state index is 13.4. The molecule has 0 aliphatic heterocycles. The van der Waals surface area contributed by atoms with E-state index in [1.54, 1.807) is 31.2 Å². The first-order chi connectivity index (χ1) is 19.0. The fourth-order valence-corrected chi connectivity index (χ4v) is 5.07. The normalized spacial score (nSPS) is 18.1. The van der Waals surface area contributed by atoms with Crippen LogP contribution >= 0.6 is 11.6 Å². The summed E-state index contributed by atoms with van der Waals surface area (Å²) in [6.45, 7) is 7.62. The maximum Gasteiger partial charge on any atom is 0.251 e. The fourth-order valence-electron chi connectivity index (χ4n) is 4.87. The summed E-state index contributed by atoms with van der Waals surface area (Å²) in [6, 6.07) is 12.7. The van der Waals surface area contributed by atoms with Crippen molar-refractivity contribution in [2.24, 2.45) is 16.5 Å². The van der Waals surface area contributed by atoms with E-state index >= 15 is 0 Å². The summed E-state index contributed by atoms with van der Waals surface area (Å²) in [6.07, 6.45) is 4.16. The lowest BCUT2D eigenvalue weighted by Gasteiger charge is -2.34. The Labute approximate surface area is 240 Å². The highest BCUT2D eigenvalue weighted by Gasteiger charge is 2.31. The predicted octanol–water partition coefficient (Wildman–Crippen LogP) is 3.53. The quantitative estimate of drug-likeness (QED) is 0.160. The summed E-state index contributed by atoms with van der Waals surface area (Å²) in [4.78, 5) is 43.1. The number of hydrogen-bond acceptors (Lipinski definition) is 4. The molecule has 10 heteroatoms. The van der Waals surface area contributed by atoms with E-state index in [9.17, 15) is 14.4 Å². The minimum absolute atomic E-state index is 0.0139. The Hall–Kier alpha value is -3.85. The first-order valence-electron chi connectivity index (χ1n) is 13.5. The zero-order valence-corrected chi connectivity index (χ0v) is 23.8. The number of aliphatic imine (C=N–C) groups is 1. The van der Waals surface area contributed by atoms with Crippen LogP contribution in [-0.2, 0) is 16.1 Å². The molecule has 3 rings (SSSR count). The van der Waals surface area contributed by atoms with Gasteiger partial charge >= 0.3 is 0 Å². The molecule has 4 atom stereocenters. The molecule has 2 aromatic carbocycles. The topological polar surface area (TPSA) is 152 Å². The van der Waals surface area contributed by atoms with Crippen molar-refractivity contribution < 1.29 is 14.4 Å². The minimum atomic E-state index is -0.872. The number of hydrogen-bond donors (Lipinski definition) is 5. The molecule has 1 aliphatic carbocycles. The van der Waals surface area contributed by atoms with Crippen LogP contribution in [0.15, 0.2) is 65.7 Å². The number of carbonyl (C=O) groups excluding carboxylic acids is 3. The average molecular weight is 567 g/mol. The molecular weight excluding hydrogens is 528 g/mol. The molecular formula is C30H39ClN6O3. The molecule has 3 amide bonds. The molecule has 0 radical (unpaired) electrons. The lowest BCUT2D eigenvalue weighted by atomic mass is 9.80. The Bertz CT molecular complexity index is 1240. The third kappa shape index (κ3) is 9.12. The Balaban J connectivity index is 1.62. The van der Waals surface area contributed by atoms with Crippen molar-refractivity contribution >= 4 is 35.3 Å². The highest BCUT2D eigenvalue weighted by atomic mass is 35.5.